The van der Waals surface area contributed by atoms with Gasteiger partial charge >= 0.3 is 0 Å². The van der Waals surface area contributed by atoms with Crippen LogP contribution >= 0.6 is 0 Å². The first-order chi connectivity index (χ1) is 8.98. The summed E-state index contributed by atoms with van der Waals surface area (Å²) in [4.78, 5) is 15.7. The average Bonchev–Trinajstić information content (AvgIpc) is 2.39. The number of benzene rings is 1. The second-order valence-corrected chi connectivity index (χ2v) is 6.15. The molecule has 0 aliphatic rings. The topological polar surface area (TPSA) is 64.1 Å². The van der Waals surface area contributed by atoms with Crippen LogP contribution in [0.5, 0.6) is 0 Å². The van der Waals surface area contributed by atoms with Crippen LogP contribution in [0.4, 0.5) is 0 Å². The maximum Gasteiger partial charge on any atom is 0.294 e. The summed E-state index contributed by atoms with van der Waals surface area (Å²) >= 11 is 0. The van der Waals surface area contributed by atoms with E-state index in [0.29, 0.717) is 12.0 Å². The quantitative estimate of drug-likeness (QED) is 0.857. The van der Waals surface area contributed by atoms with Crippen LogP contribution in [-0.2, 0) is 16.3 Å². The number of rotatable bonds is 3. The van der Waals surface area contributed by atoms with Crippen molar-refractivity contribution in [2.24, 2.45) is 0 Å². The van der Waals surface area contributed by atoms with Gasteiger partial charge in [-0.05, 0) is 23.6 Å². The molecule has 0 bridgehead atoms. The number of aromatic nitrogens is 1. The van der Waals surface area contributed by atoms with Crippen molar-refractivity contribution < 1.29 is 13.2 Å². The monoisotopic (exact) mass is 275 g/mol. The highest BCUT2D eigenvalue weighted by atomic mass is 32.2. The molecular weight excluding hydrogens is 262 g/mol. The summed E-state index contributed by atoms with van der Waals surface area (Å²) in [5, 5.41) is -0.931. The molecule has 5 heteroatoms. The molecule has 0 aliphatic carbocycles. The molecule has 98 valence electrons. The molecule has 0 unspecified atom stereocenters. The predicted octanol–water partition coefficient (Wildman–Crippen LogP) is 1.86. The van der Waals surface area contributed by atoms with Gasteiger partial charge < -0.3 is 0 Å². The molecule has 0 saturated carbocycles. The van der Waals surface area contributed by atoms with E-state index in [1.165, 1.54) is 6.20 Å². The largest absolute Gasteiger partial charge is 0.294 e. The molecule has 1 heterocycles. The van der Waals surface area contributed by atoms with Crippen LogP contribution in [0.15, 0.2) is 48.7 Å². The van der Waals surface area contributed by atoms with E-state index in [9.17, 15) is 13.2 Å². The summed E-state index contributed by atoms with van der Waals surface area (Å²) < 4.78 is 22.7. The Morgan fingerprint density at radius 3 is 2.42 bits per heavy atom. The first kappa shape index (κ1) is 13.4. The highest BCUT2D eigenvalue weighted by Gasteiger charge is 2.22. The van der Waals surface area contributed by atoms with Gasteiger partial charge in [-0.2, -0.15) is 0 Å². The number of sulfone groups is 1. The van der Waals surface area contributed by atoms with E-state index >= 15 is 0 Å². The standard InChI is InChI=1S/C14H13NO3S/c1-19(17,18)14(16)13-12(8-5-9-15-13)10-11-6-3-2-4-7-11/h2-9H,10H2,1H3. The lowest BCUT2D eigenvalue weighted by molar-refractivity contribution is 0.107. The van der Waals surface area contributed by atoms with Crippen LogP contribution in [0.25, 0.3) is 0 Å². The molecule has 0 radical (unpaired) electrons. The molecule has 0 amide bonds. The van der Waals surface area contributed by atoms with Crippen LogP contribution in [0.1, 0.15) is 21.6 Å². The fourth-order valence-corrected chi connectivity index (χ4v) is 2.29. The zero-order valence-electron chi connectivity index (χ0n) is 10.4. The maximum absolute atomic E-state index is 11.8. The summed E-state index contributed by atoms with van der Waals surface area (Å²) in [6.07, 6.45) is 2.80. The molecule has 0 spiro atoms. The molecule has 2 rings (SSSR count). The van der Waals surface area contributed by atoms with Crippen molar-refractivity contribution in [3.63, 3.8) is 0 Å². The van der Waals surface area contributed by atoms with E-state index in [4.69, 9.17) is 0 Å². The maximum atomic E-state index is 11.8. The van der Waals surface area contributed by atoms with Gasteiger partial charge in [-0.25, -0.2) is 8.42 Å². The van der Waals surface area contributed by atoms with Gasteiger partial charge in [0.05, 0.1) is 0 Å². The normalized spacial score (nSPS) is 11.2. The third-order valence-electron chi connectivity index (χ3n) is 2.66. The predicted molar refractivity (Wildman–Crippen MR) is 72.7 cm³/mol. The first-order valence-corrected chi connectivity index (χ1v) is 7.60. The minimum absolute atomic E-state index is 0.00820. The lowest BCUT2D eigenvalue weighted by atomic mass is 10.0. The van der Waals surface area contributed by atoms with Crippen molar-refractivity contribution in [3.05, 3.63) is 65.5 Å². The number of carbonyl (C=O) groups excluding carboxylic acids is 1. The third kappa shape index (κ3) is 3.26. The highest BCUT2D eigenvalue weighted by Crippen LogP contribution is 2.14. The minimum Gasteiger partial charge on any atom is -0.274 e. The van der Waals surface area contributed by atoms with Crippen molar-refractivity contribution in [3.8, 4) is 0 Å². The number of hydrogen-bond donors (Lipinski definition) is 0. The number of pyridine rings is 1. The molecule has 0 atom stereocenters. The number of carbonyl (C=O) groups is 1. The Bertz CT molecular complexity index is 694. The Morgan fingerprint density at radius 2 is 1.79 bits per heavy atom. The van der Waals surface area contributed by atoms with Crippen LogP contribution in [0.2, 0.25) is 0 Å². The SMILES string of the molecule is CS(=O)(=O)C(=O)c1ncccc1Cc1ccccc1. The van der Waals surface area contributed by atoms with E-state index in [2.05, 4.69) is 4.98 Å². The van der Waals surface area contributed by atoms with Crippen LogP contribution in [0.3, 0.4) is 0 Å². The molecule has 4 nitrogen and oxygen atoms in total. The van der Waals surface area contributed by atoms with E-state index in [1.807, 2.05) is 30.3 Å². The summed E-state index contributed by atoms with van der Waals surface area (Å²) in [7, 11) is -3.77. The molecular formula is C14H13NO3S. The highest BCUT2D eigenvalue weighted by molar-refractivity contribution is 8.06. The fraction of sp³-hybridized carbons (Fsp3) is 0.143. The molecule has 0 aliphatic heterocycles. The molecule has 19 heavy (non-hydrogen) atoms. The van der Waals surface area contributed by atoms with Gasteiger partial charge in [0.15, 0.2) is 0 Å². The van der Waals surface area contributed by atoms with Gasteiger partial charge in [-0.15, -0.1) is 0 Å². The average molecular weight is 275 g/mol. The number of nitrogens with zero attached hydrogens (tertiary/aromatic N) is 1. The lowest BCUT2D eigenvalue weighted by Gasteiger charge is -2.06. The molecule has 1 aromatic heterocycles. The first-order valence-electron chi connectivity index (χ1n) is 5.70. The molecule has 2 aromatic rings. The second-order valence-electron chi connectivity index (χ2n) is 4.23. The van der Waals surface area contributed by atoms with Gasteiger partial charge in [0.2, 0.25) is 9.84 Å². The van der Waals surface area contributed by atoms with Gasteiger partial charge in [0.1, 0.15) is 5.69 Å². The van der Waals surface area contributed by atoms with Gasteiger partial charge in [0.25, 0.3) is 5.12 Å². The second kappa shape index (κ2) is 5.32. The Hall–Kier alpha value is -2.01. The smallest absolute Gasteiger partial charge is 0.274 e. The van der Waals surface area contributed by atoms with E-state index < -0.39 is 15.0 Å². The van der Waals surface area contributed by atoms with E-state index in [1.54, 1.807) is 12.1 Å². The number of hydrogen-bond acceptors (Lipinski definition) is 4. The fourth-order valence-electron chi connectivity index (χ4n) is 1.76. The minimum atomic E-state index is -3.77. The van der Waals surface area contributed by atoms with Gasteiger partial charge in [-0.3, -0.25) is 9.78 Å². The summed E-state index contributed by atoms with van der Waals surface area (Å²) in [6.45, 7) is 0. The van der Waals surface area contributed by atoms with Crippen LogP contribution in [0, 0.1) is 0 Å². The zero-order valence-corrected chi connectivity index (χ0v) is 11.2. The summed E-state index contributed by atoms with van der Waals surface area (Å²) in [5.74, 6) is 0. The van der Waals surface area contributed by atoms with Crippen molar-refractivity contribution in [1.29, 1.82) is 0 Å². The van der Waals surface area contributed by atoms with Crippen LogP contribution < -0.4 is 0 Å². The van der Waals surface area contributed by atoms with E-state index in [-0.39, 0.29) is 5.69 Å². The van der Waals surface area contributed by atoms with Crippen molar-refractivity contribution in [2.45, 2.75) is 6.42 Å². The molecule has 1 aromatic carbocycles. The zero-order chi connectivity index (χ0) is 13.9. The Kier molecular flexibility index (Phi) is 3.76. The Labute approximate surface area is 112 Å². The van der Waals surface area contributed by atoms with Crippen LogP contribution in [-0.4, -0.2) is 24.8 Å². The van der Waals surface area contributed by atoms with Crippen molar-refractivity contribution >= 4 is 15.0 Å². The Balaban J connectivity index is 2.40. The van der Waals surface area contributed by atoms with Gasteiger partial charge in [-0.1, -0.05) is 36.4 Å². The Morgan fingerprint density at radius 1 is 1.11 bits per heavy atom. The lowest BCUT2D eigenvalue weighted by Crippen LogP contribution is -2.16. The molecule has 0 N–H and O–H groups in total. The summed E-state index contributed by atoms with van der Waals surface area (Å²) in [6, 6.07) is 12.9. The summed E-state index contributed by atoms with van der Waals surface area (Å²) in [5.41, 5.74) is 1.62. The van der Waals surface area contributed by atoms with Crippen molar-refractivity contribution in [1.82, 2.24) is 4.98 Å². The van der Waals surface area contributed by atoms with Gasteiger partial charge in [0, 0.05) is 12.5 Å². The van der Waals surface area contributed by atoms with E-state index in [0.717, 1.165) is 11.8 Å². The third-order valence-corrected chi connectivity index (χ3v) is 3.53. The van der Waals surface area contributed by atoms with Crippen molar-refractivity contribution in [2.75, 3.05) is 6.26 Å². The molecule has 0 saturated heterocycles. The molecule has 0 fully saturated rings.